The molecule has 1 aliphatic heterocycles. The lowest BCUT2D eigenvalue weighted by Crippen LogP contribution is -2.48. The number of hydrogen-bond acceptors (Lipinski definition) is 4. The van der Waals surface area contributed by atoms with Crippen molar-refractivity contribution in [2.45, 2.75) is 0 Å². The maximum Gasteiger partial charge on any atom is 0.255 e. The Morgan fingerprint density at radius 3 is 2.56 bits per heavy atom. The van der Waals surface area contributed by atoms with Gasteiger partial charge in [-0.05, 0) is 12.1 Å². The van der Waals surface area contributed by atoms with E-state index in [0.29, 0.717) is 5.56 Å². The van der Waals surface area contributed by atoms with Crippen molar-refractivity contribution in [3.05, 3.63) is 34.3 Å². The molecule has 6 heteroatoms. The van der Waals surface area contributed by atoms with E-state index in [4.69, 9.17) is 4.74 Å². The van der Waals surface area contributed by atoms with E-state index in [1.807, 2.05) is 0 Å². The zero-order chi connectivity index (χ0) is 13.1. The van der Waals surface area contributed by atoms with Gasteiger partial charge in [0.05, 0.1) is 6.54 Å². The second-order valence-corrected chi connectivity index (χ2v) is 4.72. The summed E-state index contributed by atoms with van der Waals surface area (Å²) in [6, 6.07) is 6.81. The lowest BCUT2D eigenvalue weighted by molar-refractivity contribution is -0.157. The largest absolute Gasteiger partial charge is 0.362 e. The topological polar surface area (TPSA) is 63.7 Å². The first kappa shape index (κ1) is 12.9. The SMILES string of the molecule is O=C(CN1C(=O)COCC1=O)c1cccc(Br)c1. The molecule has 0 radical (unpaired) electrons. The van der Waals surface area contributed by atoms with E-state index in [1.54, 1.807) is 24.3 Å². The van der Waals surface area contributed by atoms with Gasteiger partial charge in [0.15, 0.2) is 5.78 Å². The molecule has 0 spiro atoms. The monoisotopic (exact) mass is 311 g/mol. The number of nitrogens with zero attached hydrogens (tertiary/aromatic N) is 1. The number of ether oxygens (including phenoxy) is 1. The molecule has 0 aromatic heterocycles. The molecule has 1 aromatic carbocycles. The fraction of sp³-hybridized carbons (Fsp3) is 0.250. The van der Waals surface area contributed by atoms with Crippen molar-refractivity contribution in [2.24, 2.45) is 0 Å². The van der Waals surface area contributed by atoms with Crippen molar-refractivity contribution < 1.29 is 19.1 Å². The lowest BCUT2D eigenvalue weighted by Gasteiger charge is -2.24. The van der Waals surface area contributed by atoms with Crippen molar-refractivity contribution in [1.82, 2.24) is 4.90 Å². The van der Waals surface area contributed by atoms with Crippen LogP contribution in [0.4, 0.5) is 0 Å². The summed E-state index contributed by atoms with van der Waals surface area (Å²) in [4.78, 5) is 35.8. The number of hydrogen-bond donors (Lipinski definition) is 0. The van der Waals surface area contributed by atoms with Crippen LogP contribution in [-0.4, -0.2) is 42.3 Å². The molecule has 0 aliphatic carbocycles. The predicted molar refractivity (Wildman–Crippen MR) is 66.0 cm³/mol. The quantitative estimate of drug-likeness (QED) is 0.617. The molecule has 1 fully saturated rings. The third kappa shape index (κ3) is 2.83. The molecule has 2 amide bonds. The molecule has 1 aliphatic rings. The molecule has 0 atom stereocenters. The van der Waals surface area contributed by atoms with Gasteiger partial charge in [-0.2, -0.15) is 0 Å². The second kappa shape index (κ2) is 5.41. The number of benzene rings is 1. The van der Waals surface area contributed by atoms with E-state index in [-0.39, 0.29) is 25.5 Å². The molecule has 1 aromatic rings. The Bertz CT molecular complexity index is 499. The number of amides is 2. The van der Waals surface area contributed by atoms with Gasteiger partial charge in [0.2, 0.25) is 0 Å². The van der Waals surface area contributed by atoms with Crippen LogP contribution in [0.1, 0.15) is 10.4 Å². The van der Waals surface area contributed by atoms with Crippen molar-refractivity contribution in [1.29, 1.82) is 0 Å². The molecule has 0 saturated carbocycles. The standard InChI is InChI=1S/C12H10BrNO4/c13-9-3-1-2-8(4-9)10(15)5-14-11(16)6-18-7-12(14)17/h1-4H,5-7H2. The Hall–Kier alpha value is -1.53. The molecule has 1 heterocycles. The van der Waals surface area contributed by atoms with Crippen molar-refractivity contribution >= 4 is 33.5 Å². The third-order valence-electron chi connectivity index (χ3n) is 2.50. The van der Waals surface area contributed by atoms with E-state index in [0.717, 1.165) is 9.37 Å². The minimum atomic E-state index is -0.477. The first-order valence-electron chi connectivity index (χ1n) is 5.27. The summed E-state index contributed by atoms with van der Waals surface area (Å²) >= 11 is 3.26. The van der Waals surface area contributed by atoms with Crippen molar-refractivity contribution in [3.63, 3.8) is 0 Å². The maximum atomic E-state index is 11.9. The number of carbonyl (C=O) groups excluding carboxylic acids is 3. The normalized spacial score (nSPS) is 15.9. The number of carbonyl (C=O) groups is 3. The van der Waals surface area contributed by atoms with Gasteiger partial charge in [-0.1, -0.05) is 28.1 Å². The lowest BCUT2D eigenvalue weighted by atomic mass is 10.1. The van der Waals surface area contributed by atoms with Crippen LogP contribution in [0.2, 0.25) is 0 Å². The zero-order valence-corrected chi connectivity index (χ0v) is 11.0. The number of Topliss-reactive ketones (excluding diaryl/α,β-unsaturated/α-hetero) is 1. The highest BCUT2D eigenvalue weighted by Crippen LogP contribution is 2.13. The first-order chi connectivity index (χ1) is 8.58. The summed E-state index contributed by atoms with van der Waals surface area (Å²) in [6.07, 6.45) is 0. The summed E-state index contributed by atoms with van der Waals surface area (Å²) < 4.78 is 5.54. The van der Waals surface area contributed by atoms with E-state index in [1.165, 1.54) is 0 Å². The summed E-state index contributed by atoms with van der Waals surface area (Å²) in [6.45, 7) is -0.549. The number of ketones is 1. The van der Waals surface area contributed by atoms with E-state index >= 15 is 0 Å². The molecule has 94 valence electrons. The van der Waals surface area contributed by atoms with Crippen LogP contribution < -0.4 is 0 Å². The molecular weight excluding hydrogens is 302 g/mol. The Morgan fingerprint density at radius 2 is 1.94 bits per heavy atom. The molecule has 5 nitrogen and oxygen atoms in total. The molecule has 0 bridgehead atoms. The Morgan fingerprint density at radius 1 is 1.28 bits per heavy atom. The average Bonchev–Trinajstić information content (AvgIpc) is 2.34. The smallest absolute Gasteiger partial charge is 0.255 e. The molecule has 0 unspecified atom stereocenters. The summed E-state index contributed by atoms with van der Waals surface area (Å²) in [5.41, 5.74) is 0.455. The Kier molecular flexibility index (Phi) is 3.88. The van der Waals surface area contributed by atoms with Crippen LogP contribution in [0.3, 0.4) is 0 Å². The van der Waals surface area contributed by atoms with Gasteiger partial charge in [-0.3, -0.25) is 19.3 Å². The summed E-state index contributed by atoms with van der Waals surface area (Å²) in [5, 5.41) is 0. The number of morpholine rings is 1. The second-order valence-electron chi connectivity index (χ2n) is 3.80. The van der Waals surface area contributed by atoms with Gasteiger partial charge in [-0.15, -0.1) is 0 Å². The summed E-state index contributed by atoms with van der Waals surface area (Å²) in [5.74, 6) is -1.23. The van der Waals surface area contributed by atoms with Crippen LogP contribution in [0.15, 0.2) is 28.7 Å². The highest BCUT2D eigenvalue weighted by molar-refractivity contribution is 9.10. The van der Waals surface area contributed by atoms with Crippen LogP contribution in [0, 0.1) is 0 Å². The van der Waals surface area contributed by atoms with Gasteiger partial charge in [0.1, 0.15) is 13.2 Å². The van der Waals surface area contributed by atoms with Crippen molar-refractivity contribution in [3.8, 4) is 0 Å². The maximum absolute atomic E-state index is 11.9. The van der Waals surface area contributed by atoms with Crippen LogP contribution in [0.5, 0.6) is 0 Å². The minimum absolute atomic E-state index is 0.155. The van der Waals surface area contributed by atoms with E-state index in [9.17, 15) is 14.4 Å². The van der Waals surface area contributed by atoms with Gasteiger partial charge in [0.25, 0.3) is 11.8 Å². The number of halogens is 1. The molecule has 2 rings (SSSR count). The number of imide groups is 1. The van der Waals surface area contributed by atoms with Crippen LogP contribution in [0.25, 0.3) is 0 Å². The first-order valence-corrected chi connectivity index (χ1v) is 6.07. The average molecular weight is 312 g/mol. The molecule has 0 N–H and O–H groups in total. The fourth-order valence-corrected chi connectivity index (χ4v) is 1.99. The molecule has 1 saturated heterocycles. The zero-order valence-electron chi connectivity index (χ0n) is 9.39. The van der Waals surface area contributed by atoms with Gasteiger partial charge >= 0.3 is 0 Å². The van der Waals surface area contributed by atoms with Crippen molar-refractivity contribution in [2.75, 3.05) is 19.8 Å². The molecular formula is C12H10BrNO4. The number of rotatable bonds is 3. The third-order valence-corrected chi connectivity index (χ3v) is 2.99. The van der Waals surface area contributed by atoms with Gasteiger partial charge in [0, 0.05) is 10.0 Å². The van der Waals surface area contributed by atoms with Crippen LogP contribution in [-0.2, 0) is 14.3 Å². The van der Waals surface area contributed by atoms with E-state index < -0.39 is 11.8 Å². The minimum Gasteiger partial charge on any atom is -0.362 e. The van der Waals surface area contributed by atoms with Gasteiger partial charge in [-0.25, -0.2) is 0 Å². The Labute approximate surface area is 112 Å². The van der Waals surface area contributed by atoms with E-state index in [2.05, 4.69) is 15.9 Å². The van der Waals surface area contributed by atoms with Crippen LogP contribution >= 0.6 is 15.9 Å². The fourth-order valence-electron chi connectivity index (χ4n) is 1.59. The predicted octanol–water partition coefficient (Wildman–Crippen LogP) is 1.02. The van der Waals surface area contributed by atoms with Gasteiger partial charge < -0.3 is 4.74 Å². The Balaban J connectivity index is 2.11. The highest BCUT2D eigenvalue weighted by Gasteiger charge is 2.28. The molecule has 18 heavy (non-hydrogen) atoms. The summed E-state index contributed by atoms with van der Waals surface area (Å²) in [7, 11) is 0. The highest BCUT2D eigenvalue weighted by atomic mass is 79.9.